The minimum atomic E-state index is -0.0697. The fraction of sp³-hybridized carbons (Fsp3) is 0.150. The van der Waals surface area contributed by atoms with Gasteiger partial charge >= 0.3 is 0 Å². The Balaban J connectivity index is 1.91. The Hall–Kier alpha value is -2.85. The highest BCUT2D eigenvalue weighted by Crippen LogP contribution is 2.35. The molecule has 4 heteroatoms. The number of benzene rings is 2. The van der Waals surface area contributed by atoms with Gasteiger partial charge in [-0.3, -0.25) is 4.79 Å². The lowest BCUT2D eigenvalue weighted by Gasteiger charge is -2.20. The first-order valence-electron chi connectivity index (χ1n) is 8.14. The van der Waals surface area contributed by atoms with Crippen LogP contribution < -0.4 is 5.56 Å². The molecule has 4 aromatic rings. The molecule has 0 radical (unpaired) electrons. The van der Waals surface area contributed by atoms with Gasteiger partial charge in [0.1, 0.15) is 0 Å². The number of fused-ring (bicyclic) bond motifs is 6. The van der Waals surface area contributed by atoms with Crippen molar-refractivity contribution in [1.29, 1.82) is 0 Å². The van der Waals surface area contributed by atoms with E-state index >= 15 is 0 Å². The summed E-state index contributed by atoms with van der Waals surface area (Å²) in [6.45, 7) is 0.613. The van der Waals surface area contributed by atoms with Crippen LogP contribution in [-0.4, -0.2) is 14.7 Å². The van der Waals surface area contributed by atoms with Gasteiger partial charge < -0.3 is 14.7 Å². The molecule has 0 bridgehead atoms. The minimum absolute atomic E-state index is 0.0158. The molecule has 0 aliphatic carbocycles. The zero-order valence-corrected chi connectivity index (χ0v) is 13.0. The van der Waals surface area contributed by atoms with Gasteiger partial charge in [-0.2, -0.15) is 0 Å². The van der Waals surface area contributed by atoms with Gasteiger partial charge in [-0.05, 0) is 41.1 Å². The molecule has 2 aromatic heterocycles. The first kappa shape index (κ1) is 13.6. The Labute approximate surface area is 138 Å². The molecule has 3 heterocycles. The minimum Gasteiger partial charge on any atom is -0.392 e. The van der Waals surface area contributed by atoms with Crippen molar-refractivity contribution in [3.8, 4) is 11.4 Å². The summed E-state index contributed by atoms with van der Waals surface area (Å²) in [5.41, 5.74) is 5.10. The highest BCUT2D eigenvalue weighted by molar-refractivity contribution is 5.94. The Kier molecular flexibility index (Phi) is 2.73. The smallest absolute Gasteiger partial charge is 0.258 e. The van der Waals surface area contributed by atoms with E-state index in [9.17, 15) is 9.90 Å². The molecule has 0 saturated heterocycles. The maximum absolute atomic E-state index is 12.9. The summed E-state index contributed by atoms with van der Waals surface area (Å²) in [7, 11) is 0. The van der Waals surface area contributed by atoms with Crippen LogP contribution in [0, 0.1) is 0 Å². The second-order valence-electron chi connectivity index (χ2n) is 6.30. The van der Waals surface area contributed by atoms with E-state index in [1.54, 1.807) is 0 Å². The third kappa shape index (κ3) is 1.69. The van der Waals surface area contributed by atoms with E-state index in [0.717, 1.165) is 34.3 Å². The van der Waals surface area contributed by atoms with Gasteiger partial charge in [0.05, 0.1) is 18.0 Å². The summed E-state index contributed by atoms with van der Waals surface area (Å²) >= 11 is 0. The summed E-state index contributed by atoms with van der Waals surface area (Å²) < 4.78 is 1.85. The van der Waals surface area contributed by atoms with Crippen LogP contribution in [0.25, 0.3) is 33.1 Å². The molecule has 2 aromatic carbocycles. The molecule has 24 heavy (non-hydrogen) atoms. The third-order valence-corrected chi connectivity index (χ3v) is 5.07. The van der Waals surface area contributed by atoms with Crippen molar-refractivity contribution in [1.82, 2.24) is 9.55 Å². The number of aromatic amines is 1. The summed E-state index contributed by atoms with van der Waals surface area (Å²) in [5.74, 6) is 0. The average molecular weight is 316 g/mol. The van der Waals surface area contributed by atoms with Gasteiger partial charge in [0.25, 0.3) is 5.56 Å². The molecule has 1 aliphatic rings. The van der Waals surface area contributed by atoms with Crippen LogP contribution in [0.4, 0.5) is 0 Å². The van der Waals surface area contributed by atoms with Crippen LogP contribution in [0.3, 0.4) is 0 Å². The van der Waals surface area contributed by atoms with E-state index in [1.165, 1.54) is 10.9 Å². The number of rotatable bonds is 1. The van der Waals surface area contributed by atoms with Crippen molar-refractivity contribution in [3.63, 3.8) is 0 Å². The number of H-pyrrole nitrogens is 1. The lowest BCUT2D eigenvalue weighted by molar-refractivity contribution is 0.283. The average Bonchev–Trinajstić information content (AvgIpc) is 3.01. The molecule has 1 aliphatic heterocycles. The second kappa shape index (κ2) is 4.82. The van der Waals surface area contributed by atoms with E-state index in [1.807, 2.05) is 41.0 Å². The third-order valence-electron chi connectivity index (χ3n) is 5.07. The highest BCUT2D eigenvalue weighted by atomic mass is 16.3. The van der Waals surface area contributed by atoms with Gasteiger partial charge in [-0.1, -0.05) is 30.3 Å². The van der Waals surface area contributed by atoms with E-state index in [2.05, 4.69) is 17.1 Å². The molecular weight excluding hydrogens is 300 g/mol. The fourth-order valence-electron chi connectivity index (χ4n) is 3.91. The first-order chi connectivity index (χ1) is 11.8. The molecule has 5 rings (SSSR count). The molecule has 0 atom stereocenters. The highest BCUT2D eigenvalue weighted by Gasteiger charge is 2.22. The molecule has 118 valence electrons. The fourth-order valence-corrected chi connectivity index (χ4v) is 3.91. The largest absolute Gasteiger partial charge is 0.392 e. The van der Waals surface area contributed by atoms with E-state index < -0.39 is 0 Å². The van der Waals surface area contributed by atoms with Gasteiger partial charge in [0.2, 0.25) is 0 Å². The molecule has 4 nitrogen and oxygen atoms in total. The zero-order valence-electron chi connectivity index (χ0n) is 13.0. The van der Waals surface area contributed by atoms with Crippen LogP contribution in [0.5, 0.6) is 0 Å². The number of pyridine rings is 1. The summed E-state index contributed by atoms with van der Waals surface area (Å²) in [6, 6.07) is 15.8. The first-order valence-corrected chi connectivity index (χ1v) is 8.14. The quantitative estimate of drug-likeness (QED) is 0.566. The van der Waals surface area contributed by atoms with Gasteiger partial charge in [0, 0.05) is 22.8 Å². The van der Waals surface area contributed by atoms with Gasteiger partial charge in [-0.15, -0.1) is 0 Å². The van der Waals surface area contributed by atoms with Crippen LogP contribution in [0.1, 0.15) is 11.1 Å². The van der Waals surface area contributed by atoms with Gasteiger partial charge in [0.15, 0.2) is 0 Å². The van der Waals surface area contributed by atoms with Crippen molar-refractivity contribution in [2.75, 3.05) is 0 Å². The molecular formula is C20H16N2O2. The van der Waals surface area contributed by atoms with Crippen molar-refractivity contribution in [2.45, 2.75) is 19.6 Å². The maximum Gasteiger partial charge on any atom is 0.258 e. The Bertz CT molecular complexity index is 1170. The predicted molar refractivity (Wildman–Crippen MR) is 95.1 cm³/mol. The normalized spacial score (nSPS) is 13.2. The monoisotopic (exact) mass is 316 g/mol. The van der Waals surface area contributed by atoms with Crippen molar-refractivity contribution < 1.29 is 5.11 Å². The lowest BCUT2D eigenvalue weighted by atomic mass is 9.98. The zero-order chi connectivity index (χ0) is 16.3. The van der Waals surface area contributed by atoms with Crippen molar-refractivity contribution in [2.24, 2.45) is 0 Å². The number of aliphatic hydroxyl groups excluding tert-OH is 1. The summed E-state index contributed by atoms with van der Waals surface area (Å²) in [5, 5.41) is 12.4. The van der Waals surface area contributed by atoms with E-state index in [-0.39, 0.29) is 12.2 Å². The maximum atomic E-state index is 12.9. The number of aryl methyl sites for hydroxylation is 1. The Morgan fingerprint density at radius 1 is 1.04 bits per heavy atom. The predicted octanol–water partition coefficient (Wildman–Crippen LogP) is 3.20. The van der Waals surface area contributed by atoms with Crippen LogP contribution in [0.2, 0.25) is 0 Å². The topological polar surface area (TPSA) is 58.0 Å². The molecule has 0 amide bonds. The summed E-state index contributed by atoms with van der Waals surface area (Å²) in [6.07, 6.45) is 0.845. The Morgan fingerprint density at radius 2 is 1.88 bits per heavy atom. The molecule has 0 spiro atoms. The van der Waals surface area contributed by atoms with Crippen LogP contribution in [0.15, 0.2) is 53.3 Å². The van der Waals surface area contributed by atoms with E-state index in [4.69, 9.17) is 0 Å². The van der Waals surface area contributed by atoms with Gasteiger partial charge in [-0.25, -0.2) is 0 Å². The second-order valence-corrected chi connectivity index (χ2v) is 6.30. The summed E-state index contributed by atoms with van der Waals surface area (Å²) in [4.78, 5) is 16.4. The SMILES string of the molecule is O=c1c2cccc(CO)c2cc2n1CCc1c-2[nH]c2ccccc12. The molecule has 0 unspecified atom stereocenters. The lowest BCUT2D eigenvalue weighted by Crippen LogP contribution is -2.26. The van der Waals surface area contributed by atoms with Crippen molar-refractivity contribution in [3.05, 3.63) is 70.0 Å². The van der Waals surface area contributed by atoms with Crippen LogP contribution in [-0.2, 0) is 19.6 Å². The van der Waals surface area contributed by atoms with Crippen molar-refractivity contribution >= 4 is 21.7 Å². The molecule has 0 fully saturated rings. The molecule has 0 saturated carbocycles. The number of nitrogens with zero attached hydrogens (tertiary/aromatic N) is 1. The number of nitrogens with one attached hydrogen (secondary N) is 1. The number of para-hydroxylation sites is 1. The van der Waals surface area contributed by atoms with E-state index in [0.29, 0.717) is 11.9 Å². The van der Waals surface area contributed by atoms with Crippen LogP contribution >= 0.6 is 0 Å². The molecule has 2 N–H and O–H groups in total. The Morgan fingerprint density at radius 3 is 2.75 bits per heavy atom. The number of aromatic nitrogens is 2. The number of aliphatic hydroxyl groups is 1. The standard InChI is InChI=1S/C20H16N2O2/c23-11-12-4-3-6-15-16(12)10-18-19-14(8-9-22(18)20(15)24)13-5-1-2-7-17(13)21-19/h1-7,10,21,23H,8-9,11H2. The number of hydrogen-bond donors (Lipinski definition) is 2. The number of hydrogen-bond acceptors (Lipinski definition) is 2.